The lowest BCUT2D eigenvalue weighted by atomic mass is 10.3. The van der Waals surface area contributed by atoms with Crippen molar-refractivity contribution in [2.45, 2.75) is 71.1 Å². The smallest absolute Gasteiger partial charge is 0.314 e. The molecule has 0 aliphatic rings. The molecule has 0 radical (unpaired) electrons. The average molecular weight is 353 g/mol. The van der Waals surface area contributed by atoms with E-state index in [4.69, 9.17) is 18.1 Å². The van der Waals surface area contributed by atoms with Crippen molar-refractivity contribution < 1.29 is 18.1 Å². The van der Waals surface area contributed by atoms with Crippen molar-refractivity contribution in [1.82, 2.24) is 0 Å². The van der Waals surface area contributed by atoms with Crippen LogP contribution in [0.4, 0.5) is 0 Å². The molecule has 0 rings (SSSR count). The molecule has 0 unspecified atom stereocenters. The second-order valence-corrected chi connectivity index (χ2v) is 20.6. The van der Waals surface area contributed by atoms with Crippen LogP contribution in [-0.2, 0) is 13.0 Å². The minimum Gasteiger partial charge on any atom is -0.437 e. The van der Waals surface area contributed by atoms with Gasteiger partial charge in [-0.15, -0.1) is 0 Å². The highest BCUT2D eigenvalue weighted by Crippen LogP contribution is 2.26. The predicted octanol–water partition coefficient (Wildman–Crippen LogP) is 3.94. The summed E-state index contributed by atoms with van der Waals surface area (Å²) in [6.45, 7) is 17.0. The number of aliphatic hydroxyl groups excluding tert-OH is 1. The molecule has 0 aromatic rings. The average Bonchev–Trinajstić information content (AvgIpc) is 2.22. The van der Waals surface area contributed by atoms with E-state index in [-0.39, 0.29) is 6.61 Å². The molecule has 21 heavy (non-hydrogen) atoms. The van der Waals surface area contributed by atoms with Gasteiger partial charge in [-0.25, -0.2) is 0 Å². The highest BCUT2D eigenvalue weighted by atomic mass is 28.5. The molecule has 0 fully saturated rings. The molecular weight excluding hydrogens is 316 g/mol. The fourth-order valence-corrected chi connectivity index (χ4v) is 15.0. The Kier molecular flexibility index (Phi) is 9.81. The van der Waals surface area contributed by atoms with E-state index in [1.807, 2.05) is 0 Å². The molecule has 0 bridgehead atoms. The Labute approximate surface area is 134 Å². The summed E-state index contributed by atoms with van der Waals surface area (Å²) in [6.07, 6.45) is 3.32. The summed E-state index contributed by atoms with van der Waals surface area (Å²) in [4.78, 5) is 0. The van der Waals surface area contributed by atoms with Gasteiger partial charge < -0.3 is 18.1 Å². The number of hydrogen-bond acceptors (Lipinski definition) is 4. The van der Waals surface area contributed by atoms with Crippen LogP contribution in [-0.4, -0.2) is 50.1 Å². The molecule has 7 heteroatoms. The Hall–Kier alpha value is 0.491. The van der Waals surface area contributed by atoms with Crippen LogP contribution in [0.25, 0.3) is 0 Å². The van der Waals surface area contributed by atoms with Crippen molar-refractivity contribution in [3.63, 3.8) is 0 Å². The molecule has 0 aliphatic carbocycles. The Balaban J connectivity index is 4.23. The molecular formula is C14H36O4Si3. The monoisotopic (exact) mass is 352 g/mol. The van der Waals surface area contributed by atoms with E-state index in [9.17, 15) is 0 Å². The number of unbranched alkanes of at least 4 members (excludes halogenated alkanes) is 2. The first kappa shape index (κ1) is 21.5. The largest absolute Gasteiger partial charge is 0.437 e. The third-order valence-electron chi connectivity index (χ3n) is 2.70. The Morgan fingerprint density at radius 1 is 0.714 bits per heavy atom. The van der Waals surface area contributed by atoms with Crippen LogP contribution >= 0.6 is 0 Å². The van der Waals surface area contributed by atoms with Gasteiger partial charge >= 0.3 is 8.56 Å². The van der Waals surface area contributed by atoms with Gasteiger partial charge in [-0.2, -0.15) is 0 Å². The highest BCUT2D eigenvalue weighted by molar-refractivity contribution is 6.87. The number of hydrogen-bond donors (Lipinski definition) is 1. The lowest BCUT2D eigenvalue weighted by Gasteiger charge is -2.38. The SMILES string of the molecule is C[Si](C)(C)O[Si](C)(CCCCCOCCO)O[Si](C)(C)C. The Morgan fingerprint density at radius 3 is 1.67 bits per heavy atom. The molecule has 0 saturated carbocycles. The Bertz CT molecular complexity index is 258. The molecule has 1 N–H and O–H groups in total. The zero-order valence-electron chi connectivity index (χ0n) is 15.1. The van der Waals surface area contributed by atoms with Gasteiger partial charge in [-0.3, -0.25) is 0 Å². The molecule has 128 valence electrons. The molecule has 0 aliphatic heterocycles. The Morgan fingerprint density at radius 2 is 1.24 bits per heavy atom. The van der Waals surface area contributed by atoms with Crippen molar-refractivity contribution in [3.8, 4) is 0 Å². The first-order valence-electron chi connectivity index (χ1n) is 8.06. The minimum atomic E-state index is -2.05. The number of rotatable bonds is 12. The standard InChI is InChI=1S/C14H36O4Si3/c1-19(2,3)17-21(7,18-20(4,5)6)14-10-8-9-12-16-13-11-15/h15H,8-14H2,1-7H3. The van der Waals surface area contributed by atoms with E-state index in [1.54, 1.807) is 0 Å². The van der Waals surface area contributed by atoms with E-state index < -0.39 is 25.2 Å². The van der Waals surface area contributed by atoms with Crippen molar-refractivity contribution in [2.75, 3.05) is 19.8 Å². The lowest BCUT2D eigenvalue weighted by molar-refractivity contribution is 0.0897. The molecule has 0 atom stereocenters. The molecule has 0 heterocycles. The molecule has 0 aromatic carbocycles. The van der Waals surface area contributed by atoms with Crippen molar-refractivity contribution in [1.29, 1.82) is 0 Å². The second-order valence-electron chi connectivity index (χ2n) is 7.71. The number of aliphatic hydroxyl groups is 1. The molecule has 0 aromatic heterocycles. The normalized spacial score (nSPS) is 13.7. The molecule has 4 nitrogen and oxygen atoms in total. The van der Waals surface area contributed by atoms with Crippen LogP contribution < -0.4 is 0 Å². The van der Waals surface area contributed by atoms with E-state index in [2.05, 4.69) is 45.8 Å². The maximum absolute atomic E-state index is 8.65. The molecule has 0 saturated heterocycles. The van der Waals surface area contributed by atoms with Crippen LogP contribution in [0.15, 0.2) is 0 Å². The van der Waals surface area contributed by atoms with Gasteiger partial charge in [0.2, 0.25) is 0 Å². The third-order valence-corrected chi connectivity index (χ3v) is 12.3. The first-order chi connectivity index (χ1) is 9.47. The zero-order valence-corrected chi connectivity index (χ0v) is 18.1. The van der Waals surface area contributed by atoms with Gasteiger partial charge in [0.25, 0.3) is 0 Å². The summed E-state index contributed by atoms with van der Waals surface area (Å²) in [7, 11) is -5.20. The van der Waals surface area contributed by atoms with Crippen LogP contribution in [0.3, 0.4) is 0 Å². The van der Waals surface area contributed by atoms with E-state index in [0.717, 1.165) is 31.9 Å². The van der Waals surface area contributed by atoms with Gasteiger partial charge in [0.05, 0.1) is 13.2 Å². The molecule has 0 amide bonds. The predicted molar refractivity (Wildman–Crippen MR) is 97.0 cm³/mol. The van der Waals surface area contributed by atoms with Crippen molar-refractivity contribution in [2.24, 2.45) is 0 Å². The lowest BCUT2D eigenvalue weighted by Crippen LogP contribution is -2.52. The van der Waals surface area contributed by atoms with Gasteiger partial charge in [0, 0.05) is 6.61 Å². The fraction of sp³-hybridized carbons (Fsp3) is 1.00. The van der Waals surface area contributed by atoms with Crippen LogP contribution in [0.2, 0.25) is 51.9 Å². The van der Waals surface area contributed by atoms with Gasteiger partial charge in [0.15, 0.2) is 16.6 Å². The topological polar surface area (TPSA) is 47.9 Å². The summed E-state index contributed by atoms with van der Waals surface area (Å²) in [5.74, 6) is 0. The number of ether oxygens (including phenoxy) is 1. The maximum Gasteiger partial charge on any atom is 0.314 e. The highest BCUT2D eigenvalue weighted by Gasteiger charge is 2.39. The maximum atomic E-state index is 8.65. The van der Waals surface area contributed by atoms with Gasteiger partial charge in [-0.05, 0) is 58.3 Å². The van der Waals surface area contributed by atoms with Crippen LogP contribution in [0.5, 0.6) is 0 Å². The van der Waals surface area contributed by atoms with E-state index in [1.165, 1.54) is 0 Å². The van der Waals surface area contributed by atoms with E-state index in [0.29, 0.717) is 6.61 Å². The quantitative estimate of drug-likeness (QED) is 0.427. The van der Waals surface area contributed by atoms with Crippen LogP contribution in [0.1, 0.15) is 19.3 Å². The minimum absolute atomic E-state index is 0.110. The summed E-state index contributed by atoms with van der Waals surface area (Å²) in [6, 6.07) is 1.07. The first-order valence-corrected chi connectivity index (χ1v) is 17.4. The molecule has 0 spiro atoms. The second kappa shape index (κ2) is 9.59. The fourth-order valence-electron chi connectivity index (χ4n) is 2.41. The summed E-state index contributed by atoms with van der Waals surface area (Å²) in [5, 5.41) is 8.65. The summed E-state index contributed by atoms with van der Waals surface area (Å²) in [5.41, 5.74) is 0. The van der Waals surface area contributed by atoms with Gasteiger partial charge in [-0.1, -0.05) is 12.8 Å². The third kappa shape index (κ3) is 13.9. The summed E-state index contributed by atoms with van der Waals surface area (Å²) < 4.78 is 18.2. The summed E-state index contributed by atoms with van der Waals surface area (Å²) >= 11 is 0. The van der Waals surface area contributed by atoms with Crippen LogP contribution in [0, 0.1) is 0 Å². The van der Waals surface area contributed by atoms with Gasteiger partial charge in [0.1, 0.15) is 0 Å². The van der Waals surface area contributed by atoms with Crippen molar-refractivity contribution in [3.05, 3.63) is 0 Å². The zero-order chi connectivity index (χ0) is 16.6. The van der Waals surface area contributed by atoms with Crippen molar-refractivity contribution >= 4 is 25.2 Å². The van der Waals surface area contributed by atoms with E-state index >= 15 is 0 Å².